The van der Waals surface area contributed by atoms with Crippen molar-refractivity contribution in [3.8, 4) is 0 Å². The molecule has 4 atom stereocenters. The molecular formula is C15H31N2O+. The van der Waals surface area contributed by atoms with Gasteiger partial charge >= 0.3 is 0 Å². The Morgan fingerprint density at radius 1 is 1.22 bits per heavy atom. The molecule has 3 nitrogen and oxygen atoms in total. The van der Waals surface area contributed by atoms with Gasteiger partial charge in [-0.05, 0) is 32.1 Å². The van der Waals surface area contributed by atoms with E-state index in [1.807, 2.05) is 0 Å². The van der Waals surface area contributed by atoms with E-state index in [2.05, 4.69) is 19.2 Å². The number of piperidine rings is 1. The second kappa shape index (κ2) is 6.88. The van der Waals surface area contributed by atoms with Crippen molar-refractivity contribution in [3.05, 3.63) is 0 Å². The Morgan fingerprint density at radius 2 is 1.94 bits per heavy atom. The van der Waals surface area contributed by atoms with E-state index >= 15 is 0 Å². The minimum atomic E-state index is 0.235. The number of nitrogens with two attached hydrogens (primary N) is 2. The summed E-state index contributed by atoms with van der Waals surface area (Å²) in [6.45, 7) is 5.47. The van der Waals surface area contributed by atoms with Crippen LogP contribution in [0.2, 0.25) is 0 Å². The third-order valence-corrected chi connectivity index (χ3v) is 4.78. The zero-order valence-corrected chi connectivity index (χ0v) is 12.1. The Labute approximate surface area is 112 Å². The molecule has 0 aromatic carbocycles. The summed E-state index contributed by atoms with van der Waals surface area (Å²) in [4.78, 5) is 0. The van der Waals surface area contributed by atoms with Crippen molar-refractivity contribution in [1.29, 1.82) is 0 Å². The zero-order chi connectivity index (χ0) is 13.0. The Kier molecular flexibility index (Phi) is 5.46. The lowest BCUT2D eigenvalue weighted by atomic mass is 9.88. The van der Waals surface area contributed by atoms with Gasteiger partial charge in [-0.2, -0.15) is 0 Å². The normalized spacial score (nSPS) is 38.8. The standard InChI is InChI=1S/C15H30N2O/c1-3-14-15(13(16)9-11(2)17-14)18-10-12-7-5-4-6-8-12/h11-15,17H,3-10,16H2,1-2H3/p+1. The lowest BCUT2D eigenvalue weighted by Gasteiger charge is -2.38. The molecule has 0 bridgehead atoms. The van der Waals surface area contributed by atoms with Crippen molar-refractivity contribution >= 4 is 0 Å². The molecule has 1 heterocycles. The van der Waals surface area contributed by atoms with E-state index in [0.717, 1.165) is 25.4 Å². The minimum Gasteiger partial charge on any atom is -0.370 e. The van der Waals surface area contributed by atoms with Crippen LogP contribution in [0.1, 0.15) is 58.8 Å². The first-order valence-electron chi connectivity index (χ1n) is 7.92. The Hall–Kier alpha value is -0.120. The molecule has 1 aliphatic carbocycles. The van der Waals surface area contributed by atoms with Crippen LogP contribution >= 0.6 is 0 Å². The number of quaternary nitrogens is 1. The van der Waals surface area contributed by atoms with Gasteiger partial charge in [-0.25, -0.2) is 0 Å². The number of ether oxygens (including phenoxy) is 1. The van der Waals surface area contributed by atoms with Crippen molar-refractivity contribution in [3.63, 3.8) is 0 Å². The van der Waals surface area contributed by atoms with Crippen LogP contribution in [0.5, 0.6) is 0 Å². The van der Waals surface area contributed by atoms with Gasteiger partial charge in [0.1, 0.15) is 12.1 Å². The van der Waals surface area contributed by atoms with Crippen LogP contribution in [0.3, 0.4) is 0 Å². The summed E-state index contributed by atoms with van der Waals surface area (Å²) in [5.74, 6) is 0.794. The lowest BCUT2D eigenvalue weighted by Crippen LogP contribution is -3.00. The number of rotatable bonds is 4. The molecule has 0 aromatic rings. The highest BCUT2D eigenvalue weighted by molar-refractivity contribution is 4.85. The number of hydrogen-bond acceptors (Lipinski definition) is 2. The summed E-state index contributed by atoms with van der Waals surface area (Å²) in [5, 5.41) is 2.47. The van der Waals surface area contributed by atoms with Gasteiger partial charge in [-0.15, -0.1) is 0 Å². The Morgan fingerprint density at radius 3 is 2.61 bits per heavy atom. The molecule has 0 spiro atoms. The minimum absolute atomic E-state index is 0.235. The predicted octanol–water partition coefficient (Wildman–Crippen LogP) is 1.41. The Bertz CT molecular complexity index is 241. The van der Waals surface area contributed by atoms with E-state index < -0.39 is 0 Å². The molecule has 4 unspecified atom stereocenters. The SMILES string of the molecule is CCC1[NH2+]C(C)CC(N)C1OCC1CCCCC1. The van der Waals surface area contributed by atoms with Gasteiger partial charge in [0, 0.05) is 12.5 Å². The van der Waals surface area contributed by atoms with Gasteiger partial charge in [0.05, 0.1) is 12.6 Å². The van der Waals surface area contributed by atoms with Gasteiger partial charge in [0.15, 0.2) is 0 Å². The third kappa shape index (κ3) is 3.69. The van der Waals surface area contributed by atoms with Crippen LogP contribution < -0.4 is 11.1 Å². The van der Waals surface area contributed by atoms with Crippen molar-refractivity contribution < 1.29 is 10.1 Å². The molecule has 0 radical (unpaired) electrons. The van der Waals surface area contributed by atoms with Crippen LogP contribution in [0.15, 0.2) is 0 Å². The molecule has 1 saturated heterocycles. The molecule has 18 heavy (non-hydrogen) atoms. The topological polar surface area (TPSA) is 51.9 Å². The first-order chi connectivity index (χ1) is 8.70. The zero-order valence-electron chi connectivity index (χ0n) is 12.1. The largest absolute Gasteiger partial charge is 0.370 e. The van der Waals surface area contributed by atoms with Gasteiger partial charge < -0.3 is 15.8 Å². The molecule has 106 valence electrons. The van der Waals surface area contributed by atoms with Crippen LogP contribution in [-0.2, 0) is 4.74 Å². The van der Waals surface area contributed by atoms with E-state index in [1.54, 1.807) is 0 Å². The fraction of sp³-hybridized carbons (Fsp3) is 1.00. The fourth-order valence-electron chi connectivity index (χ4n) is 3.71. The second-order valence-electron chi connectivity index (χ2n) is 6.44. The average molecular weight is 255 g/mol. The highest BCUT2D eigenvalue weighted by Gasteiger charge is 2.37. The maximum Gasteiger partial charge on any atom is 0.124 e. The average Bonchev–Trinajstić information content (AvgIpc) is 2.38. The second-order valence-corrected chi connectivity index (χ2v) is 6.44. The quantitative estimate of drug-likeness (QED) is 0.798. The maximum absolute atomic E-state index is 6.31. The molecule has 0 aromatic heterocycles. The highest BCUT2D eigenvalue weighted by atomic mass is 16.5. The van der Waals surface area contributed by atoms with E-state index in [-0.39, 0.29) is 12.1 Å². The molecule has 0 amide bonds. The summed E-state index contributed by atoms with van der Waals surface area (Å²) in [5.41, 5.74) is 6.31. The summed E-state index contributed by atoms with van der Waals surface area (Å²) in [6.07, 6.45) is 9.45. The summed E-state index contributed by atoms with van der Waals surface area (Å²) < 4.78 is 6.23. The van der Waals surface area contributed by atoms with E-state index in [9.17, 15) is 0 Å². The summed E-state index contributed by atoms with van der Waals surface area (Å²) >= 11 is 0. The van der Waals surface area contributed by atoms with Gasteiger partial charge in [-0.1, -0.05) is 26.2 Å². The maximum atomic E-state index is 6.31. The van der Waals surface area contributed by atoms with Crippen LogP contribution in [0.4, 0.5) is 0 Å². The Balaban J connectivity index is 1.81. The van der Waals surface area contributed by atoms with Crippen LogP contribution in [0.25, 0.3) is 0 Å². The van der Waals surface area contributed by atoms with Crippen molar-refractivity contribution in [2.75, 3.05) is 6.61 Å². The molecule has 2 fully saturated rings. The molecular weight excluding hydrogens is 224 g/mol. The monoisotopic (exact) mass is 255 g/mol. The van der Waals surface area contributed by atoms with Crippen molar-refractivity contribution in [2.24, 2.45) is 11.7 Å². The molecule has 1 aliphatic heterocycles. The van der Waals surface area contributed by atoms with Gasteiger partial charge in [0.25, 0.3) is 0 Å². The molecule has 4 N–H and O–H groups in total. The molecule has 2 rings (SSSR count). The van der Waals surface area contributed by atoms with Gasteiger partial charge in [0.2, 0.25) is 0 Å². The summed E-state index contributed by atoms with van der Waals surface area (Å²) in [7, 11) is 0. The molecule has 1 saturated carbocycles. The van der Waals surface area contributed by atoms with Crippen LogP contribution in [-0.4, -0.2) is 30.8 Å². The van der Waals surface area contributed by atoms with Crippen LogP contribution in [0, 0.1) is 5.92 Å². The van der Waals surface area contributed by atoms with E-state index in [4.69, 9.17) is 10.5 Å². The van der Waals surface area contributed by atoms with E-state index in [1.165, 1.54) is 32.1 Å². The smallest absolute Gasteiger partial charge is 0.124 e. The third-order valence-electron chi connectivity index (χ3n) is 4.78. The van der Waals surface area contributed by atoms with E-state index in [0.29, 0.717) is 12.1 Å². The first-order valence-corrected chi connectivity index (χ1v) is 7.92. The van der Waals surface area contributed by atoms with Crippen molar-refractivity contribution in [1.82, 2.24) is 0 Å². The van der Waals surface area contributed by atoms with Gasteiger partial charge in [-0.3, -0.25) is 0 Å². The fourth-order valence-corrected chi connectivity index (χ4v) is 3.71. The predicted molar refractivity (Wildman–Crippen MR) is 74.4 cm³/mol. The first kappa shape index (κ1) is 14.3. The molecule has 2 aliphatic rings. The van der Waals surface area contributed by atoms with Crippen molar-refractivity contribution in [2.45, 2.75) is 83.0 Å². The highest BCUT2D eigenvalue weighted by Crippen LogP contribution is 2.25. The number of hydrogen-bond donors (Lipinski definition) is 2. The lowest BCUT2D eigenvalue weighted by molar-refractivity contribution is -0.735. The molecule has 3 heteroatoms. The summed E-state index contributed by atoms with van der Waals surface area (Å²) in [6, 6.07) is 1.45.